The summed E-state index contributed by atoms with van der Waals surface area (Å²) in [6.07, 6.45) is 2.85. The average molecular weight is 253 g/mol. The van der Waals surface area contributed by atoms with Crippen LogP contribution in [0.15, 0.2) is 18.2 Å². The highest BCUT2D eigenvalue weighted by Crippen LogP contribution is 2.27. The number of benzene rings is 1. The molecule has 3 nitrogen and oxygen atoms in total. The zero-order valence-corrected chi connectivity index (χ0v) is 10.6. The quantitative estimate of drug-likeness (QED) is 0.850. The maximum atomic E-state index is 12.1. The van der Waals surface area contributed by atoms with Gasteiger partial charge in [-0.2, -0.15) is 0 Å². The van der Waals surface area contributed by atoms with E-state index in [1.54, 1.807) is 0 Å². The Bertz CT molecular complexity index is 433. The molecular weight excluding hydrogens is 236 g/mol. The molecule has 4 heteroatoms. The molecule has 0 radical (unpaired) electrons. The van der Waals surface area contributed by atoms with Crippen molar-refractivity contribution in [2.75, 3.05) is 5.32 Å². The minimum atomic E-state index is -0.0617. The van der Waals surface area contributed by atoms with E-state index in [-0.39, 0.29) is 17.9 Å². The van der Waals surface area contributed by atoms with Gasteiger partial charge in [0, 0.05) is 16.8 Å². The molecule has 2 rings (SSSR count). The highest BCUT2D eigenvalue weighted by atomic mass is 35.5. The summed E-state index contributed by atoms with van der Waals surface area (Å²) >= 11 is 6.01. The van der Waals surface area contributed by atoms with E-state index in [9.17, 15) is 4.79 Å². The Labute approximate surface area is 106 Å². The highest BCUT2D eigenvalue weighted by Gasteiger charge is 2.30. The van der Waals surface area contributed by atoms with E-state index in [0.717, 1.165) is 30.5 Å². The summed E-state index contributed by atoms with van der Waals surface area (Å²) in [6, 6.07) is 5.50. The molecule has 1 amide bonds. The fraction of sp³-hybridized carbons (Fsp3) is 0.462. The molecule has 17 heavy (non-hydrogen) atoms. The third-order valence-corrected chi connectivity index (χ3v) is 3.84. The van der Waals surface area contributed by atoms with Gasteiger partial charge in [-0.1, -0.05) is 24.1 Å². The number of anilines is 1. The van der Waals surface area contributed by atoms with Crippen molar-refractivity contribution in [3.05, 3.63) is 28.8 Å². The van der Waals surface area contributed by atoms with Crippen LogP contribution in [0.25, 0.3) is 0 Å². The number of hydrogen-bond donors (Lipinski definition) is 2. The number of amides is 1. The van der Waals surface area contributed by atoms with Crippen LogP contribution in [0.2, 0.25) is 5.02 Å². The van der Waals surface area contributed by atoms with E-state index < -0.39 is 0 Å². The zero-order chi connectivity index (χ0) is 12.4. The Hall–Kier alpha value is -1.06. The first-order chi connectivity index (χ1) is 8.09. The van der Waals surface area contributed by atoms with E-state index in [1.807, 2.05) is 25.1 Å². The number of hydrogen-bond acceptors (Lipinski definition) is 2. The Balaban J connectivity index is 2.10. The number of nitrogens with one attached hydrogen (secondary N) is 1. The van der Waals surface area contributed by atoms with E-state index in [2.05, 4.69) is 5.32 Å². The van der Waals surface area contributed by atoms with Crippen molar-refractivity contribution >= 4 is 23.2 Å². The van der Waals surface area contributed by atoms with Crippen LogP contribution in [0.4, 0.5) is 5.69 Å². The smallest absolute Gasteiger partial charge is 0.229 e. The topological polar surface area (TPSA) is 55.1 Å². The summed E-state index contributed by atoms with van der Waals surface area (Å²) in [5.41, 5.74) is 7.59. The van der Waals surface area contributed by atoms with E-state index >= 15 is 0 Å². The van der Waals surface area contributed by atoms with Gasteiger partial charge in [-0.3, -0.25) is 4.79 Å². The second-order valence-corrected chi connectivity index (χ2v) is 5.01. The maximum absolute atomic E-state index is 12.1. The Morgan fingerprint density at radius 2 is 2.24 bits per heavy atom. The predicted molar refractivity (Wildman–Crippen MR) is 70.1 cm³/mol. The lowest BCUT2D eigenvalue weighted by Gasteiger charge is -2.16. The highest BCUT2D eigenvalue weighted by molar-refractivity contribution is 6.31. The normalized spacial score (nSPS) is 23.7. The van der Waals surface area contributed by atoms with Gasteiger partial charge in [0.15, 0.2) is 0 Å². The second-order valence-electron chi connectivity index (χ2n) is 4.60. The number of halogens is 1. The molecule has 1 aromatic rings. The van der Waals surface area contributed by atoms with Crippen LogP contribution >= 0.6 is 11.6 Å². The molecule has 1 aromatic carbocycles. The van der Waals surface area contributed by atoms with Crippen molar-refractivity contribution in [2.45, 2.75) is 32.2 Å². The van der Waals surface area contributed by atoms with Crippen LogP contribution in [0, 0.1) is 12.8 Å². The van der Waals surface area contributed by atoms with Crippen LogP contribution in [0.3, 0.4) is 0 Å². The first-order valence-electron chi connectivity index (χ1n) is 5.91. The SMILES string of the molecule is Cc1c(Cl)cccc1NC(=O)C1CCCC1N. The summed E-state index contributed by atoms with van der Waals surface area (Å²) in [7, 11) is 0. The van der Waals surface area contributed by atoms with Crippen molar-refractivity contribution in [2.24, 2.45) is 11.7 Å². The monoisotopic (exact) mass is 252 g/mol. The van der Waals surface area contributed by atoms with Crippen LogP contribution in [-0.2, 0) is 4.79 Å². The molecule has 3 N–H and O–H groups in total. The van der Waals surface area contributed by atoms with Gasteiger partial charge in [0.25, 0.3) is 0 Å². The maximum Gasteiger partial charge on any atom is 0.229 e. The Morgan fingerprint density at radius 3 is 2.88 bits per heavy atom. The standard InChI is InChI=1S/C13H17ClN2O/c1-8-10(14)5-3-7-12(8)16-13(17)9-4-2-6-11(9)15/h3,5,7,9,11H,2,4,6,15H2,1H3,(H,16,17). The molecule has 0 aliphatic heterocycles. The van der Waals surface area contributed by atoms with Gasteiger partial charge in [-0.05, 0) is 37.5 Å². The van der Waals surface area contributed by atoms with Crippen molar-refractivity contribution < 1.29 is 4.79 Å². The molecule has 1 fully saturated rings. The number of nitrogens with two attached hydrogens (primary N) is 1. The lowest BCUT2D eigenvalue weighted by atomic mass is 10.0. The largest absolute Gasteiger partial charge is 0.327 e. The van der Waals surface area contributed by atoms with Gasteiger partial charge in [0.2, 0.25) is 5.91 Å². The molecule has 0 spiro atoms. The molecule has 1 aliphatic rings. The van der Waals surface area contributed by atoms with E-state index in [4.69, 9.17) is 17.3 Å². The van der Waals surface area contributed by atoms with Crippen LogP contribution < -0.4 is 11.1 Å². The summed E-state index contributed by atoms with van der Waals surface area (Å²) < 4.78 is 0. The summed E-state index contributed by atoms with van der Waals surface area (Å²) in [5.74, 6) is -0.0475. The minimum Gasteiger partial charge on any atom is -0.327 e. The number of carbonyl (C=O) groups excluding carboxylic acids is 1. The molecule has 0 aromatic heterocycles. The molecule has 1 aliphatic carbocycles. The van der Waals surface area contributed by atoms with Crippen molar-refractivity contribution in [3.8, 4) is 0 Å². The zero-order valence-electron chi connectivity index (χ0n) is 9.87. The van der Waals surface area contributed by atoms with Gasteiger partial charge in [0.1, 0.15) is 0 Å². The number of rotatable bonds is 2. The number of carbonyl (C=O) groups is 1. The van der Waals surface area contributed by atoms with Crippen LogP contribution in [0.1, 0.15) is 24.8 Å². The molecule has 2 unspecified atom stereocenters. The van der Waals surface area contributed by atoms with Gasteiger partial charge in [-0.25, -0.2) is 0 Å². The van der Waals surface area contributed by atoms with Crippen molar-refractivity contribution in [1.29, 1.82) is 0 Å². The lowest BCUT2D eigenvalue weighted by molar-refractivity contribution is -0.120. The third-order valence-electron chi connectivity index (χ3n) is 3.43. The van der Waals surface area contributed by atoms with Crippen molar-refractivity contribution in [3.63, 3.8) is 0 Å². The fourth-order valence-corrected chi connectivity index (χ4v) is 2.46. The minimum absolute atomic E-state index is 0.00510. The van der Waals surface area contributed by atoms with E-state index in [1.165, 1.54) is 0 Å². The summed E-state index contributed by atoms with van der Waals surface area (Å²) in [6.45, 7) is 1.90. The van der Waals surface area contributed by atoms with Gasteiger partial charge in [0.05, 0.1) is 5.92 Å². The first-order valence-corrected chi connectivity index (χ1v) is 6.29. The molecule has 0 bridgehead atoms. The summed E-state index contributed by atoms with van der Waals surface area (Å²) in [4.78, 5) is 12.1. The second kappa shape index (κ2) is 5.07. The average Bonchev–Trinajstić information content (AvgIpc) is 2.71. The van der Waals surface area contributed by atoms with Crippen LogP contribution in [0.5, 0.6) is 0 Å². The van der Waals surface area contributed by atoms with E-state index in [0.29, 0.717) is 5.02 Å². The van der Waals surface area contributed by atoms with Gasteiger partial charge in [-0.15, -0.1) is 0 Å². The van der Waals surface area contributed by atoms with Crippen molar-refractivity contribution in [1.82, 2.24) is 0 Å². The molecule has 0 saturated heterocycles. The molecule has 1 saturated carbocycles. The summed E-state index contributed by atoms with van der Waals surface area (Å²) in [5, 5.41) is 3.59. The third kappa shape index (κ3) is 2.61. The van der Waals surface area contributed by atoms with Gasteiger partial charge >= 0.3 is 0 Å². The fourth-order valence-electron chi connectivity index (χ4n) is 2.28. The molecule has 92 valence electrons. The Kier molecular flexibility index (Phi) is 3.69. The van der Waals surface area contributed by atoms with Gasteiger partial charge < -0.3 is 11.1 Å². The lowest BCUT2D eigenvalue weighted by Crippen LogP contribution is -2.34. The van der Waals surface area contributed by atoms with Crippen LogP contribution in [-0.4, -0.2) is 11.9 Å². The Morgan fingerprint density at radius 1 is 1.47 bits per heavy atom. The molecular formula is C13H17ClN2O. The molecule has 0 heterocycles. The first kappa shape index (κ1) is 12.4. The predicted octanol–water partition coefficient (Wildman–Crippen LogP) is 2.71. The molecule has 2 atom stereocenters.